The molecule has 0 aliphatic rings. The first kappa shape index (κ1) is 12.6. The second-order valence-corrected chi connectivity index (χ2v) is 6.10. The van der Waals surface area contributed by atoms with Crippen molar-refractivity contribution in [3.63, 3.8) is 0 Å². The van der Waals surface area contributed by atoms with Crippen LogP contribution in [0, 0.1) is 6.92 Å². The fourth-order valence-electron chi connectivity index (χ4n) is 3.82. The molecule has 0 atom stereocenters. The lowest BCUT2D eigenvalue weighted by atomic mass is 10.0. The van der Waals surface area contributed by atoms with E-state index in [1.54, 1.807) is 0 Å². The van der Waals surface area contributed by atoms with Gasteiger partial charge in [-0.25, -0.2) is 4.57 Å². The summed E-state index contributed by atoms with van der Waals surface area (Å²) in [5.41, 5.74) is 6.11. The van der Waals surface area contributed by atoms with E-state index in [-0.39, 0.29) is 0 Å². The zero-order valence-corrected chi connectivity index (χ0v) is 13.1. The molecule has 0 saturated carbocycles. The minimum atomic E-state index is 1.15. The number of nitrogens with zero attached hydrogens (tertiary/aromatic N) is 3. The SMILES string of the molecule is Cc1cccc2c3ccncc3n3c4ccccc4[n+](C)c3c12. The van der Waals surface area contributed by atoms with Crippen LogP contribution in [0.3, 0.4) is 0 Å². The monoisotopic (exact) mass is 298 g/mol. The van der Waals surface area contributed by atoms with Gasteiger partial charge in [-0.3, -0.25) is 4.98 Å². The Bertz CT molecular complexity index is 1230. The van der Waals surface area contributed by atoms with Gasteiger partial charge in [0.1, 0.15) is 0 Å². The van der Waals surface area contributed by atoms with Crippen molar-refractivity contribution in [3.8, 4) is 0 Å². The Morgan fingerprint density at radius 3 is 2.70 bits per heavy atom. The van der Waals surface area contributed by atoms with Crippen molar-refractivity contribution in [1.29, 1.82) is 0 Å². The molecule has 5 rings (SSSR count). The van der Waals surface area contributed by atoms with Gasteiger partial charge in [0.05, 0.1) is 18.6 Å². The van der Waals surface area contributed by atoms with Crippen molar-refractivity contribution in [2.75, 3.05) is 0 Å². The summed E-state index contributed by atoms with van der Waals surface area (Å²) < 4.78 is 4.63. The maximum Gasteiger partial charge on any atom is 0.295 e. The van der Waals surface area contributed by atoms with Crippen LogP contribution in [0.25, 0.3) is 38.4 Å². The molecule has 5 aromatic rings. The van der Waals surface area contributed by atoms with E-state index in [0.29, 0.717) is 0 Å². The van der Waals surface area contributed by atoms with Crippen LogP contribution in [0.4, 0.5) is 0 Å². The van der Waals surface area contributed by atoms with E-state index in [9.17, 15) is 0 Å². The molecule has 0 aliphatic heterocycles. The van der Waals surface area contributed by atoms with E-state index in [4.69, 9.17) is 0 Å². The Kier molecular flexibility index (Phi) is 2.35. The first-order valence-corrected chi connectivity index (χ1v) is 7.81. The first-order valence-electron chi connectivity index (χ1n) is 7.81. The molecular formula is C20H16N3+. The van der Waals surface area contributed by atoms with Crippen molar-refractivity contribution < 1.29 is 4.57 Å². The normalized spacial score (nSPS) is 11.9. The maximum atomic E-state index is 4.38. The van der Waals surface area contributed by atoms with Crippen LogP contribution in [-0.2, 0) is 7.05 Å². The zero-order valence-electron chi connectivity index (χ0n) is 13.1. The number of imidazole rings is 1. The molecule has 0 fully saturated rings. The summed E-state index contributed by atoms with van der Waals surface area (Å²) in [6.45, 7) is 2.19. The second-order valence-electron chi connectivity index (χ2n) is 6.10. The maximum absolute atomic E-state index is 4.38. The number of hydrogen-bond donors (Lipinski definition) is 0. The van der Waals surface area contributed by atoms with Gasteiger partial charge in [-0.15, -0.1) is 0 Å². The van der Waals surface area contributed by atoms with Crippen molar-refractivity contribution in [1.82, 2.24) is 9.38 Å². The highest BCUT2D eigenvalue weighted by atomic mass is 15.1. The summed E-state index contributed by atoms with van der Waals surface area (Å²) in [4.78, 5) is 4.38. The first-order chi connectivity index (χ1) is 11.3. The van der Waals surface area contributed by atoms with Gasteiger partial charge in [0.25, 0.3) is 5.65 Å². The smallest absolute Gasteiger partial charge is 0.260 e. The molecule has 0 unspecified atom stereocenters. The number of para-hydroxylation sites is 2. The molecule has 3 heteroatoms. The Hall–Kier alpha value is -2.94. The van der Waals surface area contributed by atoms with Gasteiger partial charge in [-0.2, -0.15) is 4.40 Å². The van der Waals surface area contributed by atoms with Crippen molar-refractivity contribution in [2.24, 2.45) is 7.05 Å². The predicted octanol–water partition coefficient (Wildman–Crippen LogP) is 3.93. The number of aryl methyl sites for hydroxylation is 2. The quantitative estimate of drug-likeness (QED) is 0.313. The van der Waals surface area contributed by atoms with Gasteiger partial charge in [0.2, 0.25) is 0 Å². The highest BCUT2D eigenvalue weighted by Gasteiger charge is 2.23. The Morgan fingerprint density at radius 2 is 1.78 bits per heavy atom. The van der Waals surface area contributed by atoms with Gasteiger partial charge in [-0.1, -0.05) is 30.3 Å². The average molecular weight is 298 g/mol. The number of hydrogen-bond acceptors (Lipinski definition) is 1. The average Bonchev–Trinajstić information content (AvgIpc) is 2.89. The molecule has 110 valence electrons. The third-order valence-electron chi connectivity index (χ3n) is 4.84. The van der Waals surface area contributed by atoms with Gasteiger partial charge in [0, 0.05) is 17.0 Å². The summed E-state index contributed by atoms with van der Waals surface area (Å²) in [5, 5.41) is 3.84. The van der Waals surface area contributed by atoms with Crippen LogP contribution >= 0.6 is 0 Å². The fraction of sp³-hybridized carbons (Fsp3) is 0.100. The van der Waals surface area contributed by atoms with E-state index in [2.05, 4.69) is 76.5 Å². The van der Waals surface area contributed by atoms with Crippen LogP contribution in [0.1, 0.15) is 5.56 Å². The minimum Gasteiger partial charge on any atom is -0.260 e. The summed E-state index contributed by atoms with van der Waals surface area (Å²) in [6.07, 6.45) is 3.85. The number of fused-ring (bicyclic) bond motifs is 8. The summed E-state index contributed by atoms with van der Waals surface area (Å²) in [7, 11) is 2.14. The molecule has 0 saturated heterocycles. The predicted molar refractivity (Wildman–Crippen MR) is 93.6 cm³/mol. The van der Waals surface area contributed by atoms with Crippen LogP contribution in [0.15, 0.2) is 60.9 Å². The van der Waals surface area contributed by atoms with Crippen LogP contribution in [0.5, 0.6) is 0 Å². The molecule has 0 radical (unpaired) electrons. The van der Waals surface area contributed by atoms with E-state index in [0.717, 1.165) is 5.52 Å². The molecule has 2 aromatic carbocycles. The molecule has 0 aliphatic carbocycles. The van der Waals surface area contributed by atoms with E-state index >= 15 is 0 Å². The van der Waals surface area contributed by atoms with Gasteiger partial charge in [-0.05, 0) is 30.7 Å². The lowest BCUT2D eigenvalue weighted by Gasteiger charge is -2.06. The Morgan fingerprint density at radius 1 is 0.913 bits per heavy atom. The fourth-order valence-corrected chi connectivity index (χ4v) is 3.82. The van der Waals surface area contributed by atoms with Crippen molar-refractivity contribution in [2.45, 2.75) is 6.92 Å². The van der Waals surface area contributed by atoms with Gasteiger partial charge >= 0.3 is 0 Å². The molecule has 3 heterocycles. The number of benzene rings is 2. The third kappa shape index (κ3) is 1.49. The molecule has 0 bridgehead atoms. The number of aromatic nitrogens is 3. The summed E-state index contributed by atoms with van der Waals surface area (Å²) >= 11 is 0. The molecule has 23 heavy (non-hydrogen) atoms. The topological polar surface area (TPSA) is 21.2 Å². The largest absolute Gasteiger partial charge is 0.295 e. The van der Waals surface area contributed by atoms with Gasteiger partial charge in [0.15, 0.2) is 16.6 Å². The number of rotatable bonds is 0. The molecular weight excluding hydrogens is 282 g/mol. The minimum absolute atomic E-state index is 1.15. The van der Waals surface area contributed by atoms with E-state index in [1.807, 2.05) is 12.4 Å². The Balaban J connectivity index is 2.30. The summed E-state index contributed by atoms with van der Waals surface area (Å²) in [6, 6.07) is 17.2. The van der Waals surface area contributed by atoms with Gasteiger partial charge < -0.3 is 0 Å². The standard InChI is InChI=1S/C20H16N3/c1-13-6-5-7-15-14-10-11-21-12-18(14)23-17-9-4-3-8-16(17)22(2)20(23)19(13)15/h3-12H,1-2H3/q+1. The lowest BCUT2D eigenvalue weighted by molar-refractivity contribution is -0.617. The summed E-state index contributed by atoms with van der Waals surface area (Å²) in [5.74, 6) is 0. The molecule has 3 aromatic heterocycles. The van der Waals surface area contributed by atoms with Crippen LogP contribution in [0.2, 0.25) is 0 Å². The molecule has 0 amide bonds. The lowest BCUT2D eigenvalue weighted by Crippen LogP contribution is -2.27. The number of pyridine rings is 2. The second kappa shape index (κ2) is 4.29. The van der Waals surface area contributed by atoms with E-state index < -0.39 is 0 Å². The van der Waals surface area contributed by atoms with Crippen molar-refractivity contribution in [3.05, 3.63) is 66.5 Å². The highest BCUT2D eigenvalue weighted by molar-refractivity contribution is 6.13. The van der Waals surface area contributed by atoms with Crippen LogP contribution in [-0.4, -0.2) is 9.38 Å². The third-order valence-corrected chi connectivity index (χ3v) is 4.84. The van der Waals surface area contributed by atoms with E-state index in [1.165, 1.54) is 38.4 Å². The van der Waals surface area contributed by atoms with Crippen molar-refractivity contribution >= 4 is 38.4 Å². The molecule has 0 spiro atoms. The van der Waals surface area contributed by atoms with Crippen LogP contribution < -0.4 is 4.57 Å². The Labute approximate surface area is 133 Å². The molecule has 0 N–H and O–H groups in total. The highest BCUT2D eigenvalue weighted by Crippen LogP contribution is 2.32. The molecule has 3 nitrogen and oxygen atoms in total. The zero-order chi connectivity index (χ0) is 15.6.